The van der Waals surface area contributed by atoms with Crippen molar-refractivity contribution < 1.29 is 22.7 Å². The Balaban J connectivity index is 1.55. The molecule has 0 atom stereocenters. The Labute approximate surface area is 198 Å². The number of rotatable bonds is 5. The summed E-state index contributed by atoms with van der Waals surface area (Å²) in [4.78, 5) is 34.6. The number of aromatic nitrogens is 2. The van der Waals surface area contributed by atoms with E-state index in [1.54, 1.807) is 30.2 Å². The van der Waals surface area contributed by atoms with Crippen LogP contribution in [0.4, 0.5) is 0 Å². The minimum Gasteiger partial charge on any atom is -0.465 e. The Hall–Kier alpha value is -3.24. The number of fused-ring (bicyclic) bond motifs is 1. The summed E-state index contributed by atoms with van der Waals surface area (Å²) in [6.07, 6.45) is 2.20. The maximum Gasteiger partial charge on any atom is 0.339 e. The predicted octanol–water partition coefficient (Wildman–Crippen LogP) is 2.68. The molecular weight excluding hydrogens is 456 g/mol. The number of methoxy groups -OCH3 is 1. The number of pyridine rings is 1. The van der Waals surface area contributed by atoms with Gasteiger partial charge in [0.25, 0.3) is 5.91 Å². The molecule has 0 unspecified atom stereocenters. The number of ether oxygens (including phenoxy) is 1. The maximum atomic E-state index is 13.4. The highest BCUT2D eigenvalue weighted by atomic mass is 32.2. The van der Waals surface area contributed by atoms with Gasteiger partial charge in [0.15, 0.2) is 0 Å². The molecule has 1 aliphatic heterocycles. The van der Waals surface area contributed by atoms with Crippen LogP contribution < -0.4 is 0 Å². The monoisotopic (exact) mass is 484 g/mol. The number of aromatic amines is 1. The second-order valence-electron chi connectivity index (χ2n) is 8.36. The Bertz CT molecular complexity index is 1370. The molecule has 1 fully saturated rings. The van der Waals surface area contributed by atoms with E-state index in [0.717, 1.165) is 10.9 Å². The first-order valence-corrected chi connectivity index (χ1v) is 12.6. The molecule has 1 aliphatic rings. The quantitative estimate of drug-likeness (QED) is 0.557. The Morgan fingerprint density at radius 1 is 1.15 bits per heavy atom. The van der Waals surface area contributed by atoms with Gasteiger partial charge in [-0.15, -0.1) is 0 Å². The summed E-state index contributed by atoms with van der Waals surface area (Å²) >= 11 is 0. The smallest absolute Gasteiger partial charge is 0.339 e. The lowest BCUT2D eigenvalue weighted by Gasteiger charge is -2.34. The van der Waals surface area contributed by atoms with Crippen LogP contribution in [0.1, 0.15) is 44.6 Å². The van der Waals surface area contributed by atoms with Crippen molar-refractivity contribution in [2.24, 2.45) is 0 Å². The van der Waals surface area contributed by atoms with E-state index in [2.05, 4.69) is 9.97 Å². The van der Waals surface area contributed by atoms with Crippen LogP contribution in [0.15, 0.2) is 35.4 Å². The van der Waals surface area contributed by atoms with E-state index in [-0.39, 0.29) is 37.0 Å². The highest BCUT2D eigenvalue weighted by Gasteiger charge is 2.33. The van der Waals surface area contributed by atoms with Crippen molar-refractivity contribution >= 4 is 32.8 Å². The Morgan fingerprint density at radius 2 is 1.85 bits per heavy atom. The van der Waals surface area contributed by atoms with E-state index in [9.17, 15) is 18.0 Å². The van der Waals surface area contributed by atoms with Gasteiger partial charge in [-0.3, -0.25) is 9.78 Å². The highest BCUT2D eigenvalue weighted by molar-refractivity contribution is 7.89. The molecule has 0 saturated carbocycles. The number of sulfonamides is 1. The lowest BCUT2D eigenvalue weighted by Crippen LogP contribution is -2.50. The summed E-state index contributed by atoms with van der Waals surface area (Å²) in [6.45, 7) is 6.32. The molecule has 34 heavy (non-hydrogen) atoms. The van der Waals surface area contributed by atoms with Crippen LogP contribution in [0.3, 0.4) is 0 Å². The molecule has 0 bridgehead atoms. The number of benzene rings is 1. The zero-order chi connectivity index (χ0) is 24.6. The number of hydrogen-bond acceptors (Lipinski definition) is 6. The average molecular weight is 485 g/mol. The first-order valence-electron chi connectivity index (χ1n) is 11.1. The fourth-order valence-electron chi connectivity index (χ4n) is 4.40. The van der Waals surface area contributed by atoms with Crippen LogP contribution in [0.2, 0.25) is 0 Å². The summed E-state index contributed by atoms with van der Waals surface area (Å²) < 4.78 is 33.1. The molecule has 0 spiro atoms. The summed E-state index contributed by atoms with van der Waals surface area (Å²) in [5.74, 6) is -0.749. The first-order chi connectivity index (χ1) is 16.2. The third kappa shape index (κ3) is 4.07. The Kier molecular flexibility index (Phi) is 6.46. The van der Waals surface area contributed by atoms with Crippen LogP contribution in [0.25, 0.3) is 10.9 Å². The van der Waals surface area contributed by atoms with Crippen molar-refractivity contribution in [2.75, 3.05) is 33.3 Å². The molecule has 3 aromatic rings. The number of hydrogen-bond donors (Lipinski definition) is 1. The summed E-state index contributed by atoms with van der Waals surface area (Å²) in [6, 6.07) is 7.04. The van der Waals surface area contributed by atoms with E-state index in [0.29, 0.717) is 34.5 Å². The van der Waals surface area contributed by atoms with E-state index in [4.69, 9.17) is 4.74 Å². The van der Waals surface area contributed by atoms with Gasteiger partial charge in [0, 0.05) is 43.5 Å². The minimum atomic E-state index is -3.78. The molecule has 1 amide bonds. The van der Waals surface area contributed by atoms with Crippen molar-refractivity contribution in [3.63, 3.8) is 0 Å². The number of amides is 1. The molecule has 10 heteroatoms. The van der Waals surface area contributed by atoms with Crippen LogP contribution in [-0.4, -0.2) is 72.8 Å². The molecular formula is C24H28N4O5S. The number of esters is 1. The van der Waals surface area contributed by atoms with E-state index < -0.39 is 16.0 Å². The lowest BCUT2D eigenvalue weighted by atomic mass is 10.1. The fourth-order valence-corrected chi connectivity index (χ4v) is 5.98. The molecule has 1 saturated heterocycles. The van der Waals surface area contributed by atoms with Crippen LogP contribution in [0.5, 0.6) is 0 Å². The number of carbonyl (C=O) groups is 2. The number of aryl methyl sites for hydroxylation is 2. The number of H-pyrrole nitrogens is 1. The number of carbonyl (C=O) groups excluding carboxylic acids is 2. The van der Waals surface area contributed by atoms with Gasteiger partial charge in [0.05, 0.1) is 18.2 Å². The van der Waals surface area contributed by atoms with Gasteiger partial charge in [-0.25, -0.2) is 13.2 Å². The molecule has 0 radical (unpaired) electrons. The molecule has 180 valence electrons. The lowest BCUT2D eigenvalue weighted by molar-refractivity contribution is 0.0599. The SMILES string of the molecule is CCc1[nH]c(C(=O)N2CCN(S(=O)(=O)c3cccc4cc(C)cnc34)CC2)c(C)c1C(=O)OC. The number of piperazine rings is 1. The largest absolute Gasteiger partial charge is 0.465 e. The standard InChI is InChI=1S/C24H28N4O5S/c1-5-18-20(24(30)33-4)16(3)21(26-18)23(29)27-9-11-28(12-10-27)34(31,32)19-8-6-7-17-13-15(2)14-25-22(17)19/h6-8,13-14,26H,5,9-12H2,1-4H3. The van der Waals surface area contributed by atoms with Gasteiger partial charge in [0.2, 0.25) is 10.0 Å². The number of para-hydroxylation sites is 1. The van der Waals surface area contributed by atoms with Crippen LogP contribution >= 0.6 is 0 Å². The van der Waals surface area contributed by atoms with Crippen molar-refractivity contribution in [3.05, 3.63) is 58.5 Å². The molecule has 1 aromatic carbocycles. The van der Waals surface area contributed by atoms with Gasteiger partial charge < -0.3 is 14.6 Å². The van der Waals surface area contributed by atoms with E-state index >= 15 is 0 Å². The van der Waals surface area contributed by atoms with Gasteiger partial charge >= 0.3 is 5.97 Å². The molecule has 1 N–H and O–H groups in total. The molecule has 4 rings (SSSR count). The van der Waals surface area contributed by atoms with E-state index in [1.807, 2.05) is 26.0 Å². The molecule has 9 nitrogen and oxygen atoms in total. The van der Waals surface area contributed by atoms with Crippen molar-refractivity contribution in [1.29, 1.82) is 0 Å². The maximum absolute atomic E-state index is 13.4. The van der Waals surface area contributed by atoms with Crippen LogP contribution in [-0.2, 0) is 21.2 Å². The van der Waals surface area contributed by atoms with Crippen molar-refractivity contribution in [3.8, 4) is 0 Å². The number of nitrogens with one attached hydrogen (secondary N) is 1. The van der Waals surface area contributed by atoms with Gasteiger partial charge in [-0.05, 0) is 43.5 Å². The predicted molar refractivity (Wildman–Crippen MR) is 127 cm³/mol. The zero-order valence-corrected chi connectivity index (χ0v) is 20.5. The van der Waals surface area contributed by atoms with Crippen molar-refractivity contribution in [1.82, 2.24) is 19.2 Å². The van der Waals surface area contributed by atoms with E-state index in [1.165, 1.54) is 11.4 Å². The second-order valence-corrected chi connectivity index (χ2v) is 10.3. The second kappa shape index (κ2) is 9.19. The topological polar surface area (TPSA) is 113 Å². The highest BCUT2D eigenvalue weighted by Crippen LogP contribution is 2.27. The van der Waals surface area contributed by atoms with Crippen molar-refractivity contribution in [2.45, 2.75) is 32.1 Å². The fraction of sp³-hybridized carbons (Fsp3) is 0.375. The summed E-state index contributed by atoms with van der Waals surface area (Å²) in [5.41, 5.74) is 3.30. The summed E-state index contributed by atoms with van der Waals surface area (Å²) in [5, 5.41) is 0.769. The third-order valence-corrected chi connectivity index (χ3v) is 8.17. The molecule has 2 aromatic heterocycles. The normalized spacial score (nSPS) is 15.0. The van der Waals surface area contributed by atoms with Gasteiger partial charge in [0.1, 0.15) is 10.6 Å². The average Bonchev–Trinajstić information content (AvgIpc) is 3.18. The van der Waals surface area contributed by atoms with Gasteiger partial charge in [-0.1, -0.05) is 19.1 Å². The molecule has 0 aliphatic carbocycles. The van der Waals surface area contributed by atoms with Crippen LogP contribution in [0, 0.1) is 13.8 Å². The minimum absolute atomic E-state index is 0.167. The molecule has 3 heterocycles. The summed E-state index contributed by atoms with van der Waals surface area (Å²) in [7, 11) is -2.47. The Morgan fingerprint density at radius 3 is 2.50 bits per heavy atom. The zero-order valence-electron chi connectivity index (χ0n) is 19.7. The number of nitrogens with zero attached hydrogens (tertiary/aromatic N) is 3. The third-order valence-electron chi connectivity index (χ3n) is 6.24. The first kappa shape index (κ1) is 23.9. The van der Waals surface area contributed by atoms with Gasteiger partial charge in [-0.2, -0.15) is 4.31 Å².